The lowest BCUT2D eigenvalue weighted by Gasteiger charge is -2.11. The SMILES string of the molecule is CN=C(NCCCc1nn(-c2ccccc2)c(N)c1C#N)NC1CC1C.I. The largest absolute Gasteiger partial charge is 0.382 e. The molecule has 0 spiro atoms. The van der Waals surface area contributed by atoms with Crippen LogP contribution in [0.15, 0.2) is 35.3 Å². The Labute approximate surface area is 177 Å². The van der Waals surface area contributed by atoms with Crippen LogP contribution in [-0.4, -0.2) is 35.4 Å². The molecule has 1 aromatic heterocycles. The van der Waals surface area contributed by atoms with E-state index in [9.17, 15) is 5.26 Å². The Bertz CT molecular complexity index is 823. The van der Waals surface area contributed by atoms with Gasteiger partial charge in [0, 0.05) is 19.6 Å². The summed E-state index contributed by atoms with van der Waals surface area (Å²) < 4.78 is 1.64. The van der Waals surface area contributed by atoms with E-state index in [1.807, 2.05) is 30.3 Å². The molecule has 0 aliphatic heterocycles. The van der Waals surface area contributed by atoms with E-state index in [-0.39, 0.29) is 24.0 Å². The third-order valence-corrected chi connectivity index (χ3v) is 4.64. The number of nitrogens with one attached hydrogen (secondary N) is 2. The van der Waals surface area contributed by atoms with Crippen LogP contribution < -0.4 is 16.4 Å². The average Bonchev–Trinajstić information content (AvgIpc) is 3.26. The number of aryl methyl sites for hydroxylation is 1. The topological polar surface area (TPSA) is 104 Å². The van der Waals surface area contributed by atoms with E-state index in [2.05, 4.69) is 33.7 Å². The van der Waals surface area contributed by atoms with Crippen LogP contribution in [-0.2, 0) is 6.42 Å². The molecule has 0 saturated heterocycles. The van der Waals surface area contributed by atoms with Gasteiger partial charge in [0.15, 0.2) is 5.96 Å². The molecular weight excluding hydrogens is 453 g/mol. The van der Waals surface area contributed by atoms with Crippen LogP contribution in [0.25, 0.3) is 5.69 Å². The van der Waals surface area contributed by atoms with Crippen LogP contribution in [0.5, 0.6) is 0 Å². The number of hydrogen-bond acceptors (Lipinski definition) is 4. The van der Waals surface area contributed by atoms with E-state index in [4.69, 9.17) is 5.73 Å². The molecule has 4 N–H and O–H groups in total. The molecule has 1 aromatic carbocycles. The number of hydrogen-bond donors (Lipinski definition) is 3. The minimum absolute atomic E-state index is 0. The molecule has 2 unspecified atom stereocenters. The zero-order valence-corrected chi connectivity index (χ0v) is 18.0. The first-order valence-corrected chi connectivity index (χ1v) is 8.94. The molecule has 7 nitrogen and oxygen atoms in total. The van der Waals surface area contributed by atoms with E-state index < -0.39 is 0 Å². The Kier molecular flexibility index (Phi) is 7.47. The van der Waals surface area contributed by atoms with Gasteiger partial charge in [0.1, 0.15) is 17.5 Å². The van der Waals surface area contributed by atoms with E-state index >= 15 is 0 Å². The monoisotopic (exact) mass is 479 g/mol. The van der Waals surface area contributed by atoms with Crippen molar-refractivity contribution in [2.45, 2.75) is 32.2 Å². The van der Waals surface area contributed by atoms with E-state index in [1.54, 1.807) is 11.7 Å². The molecule has 3 rings (SSSR count). The summed E-state index contributed by atoms with van der Waals surface area (Å²) in [6.45, 7) is 2.98. The van der Waals surface area contributed by atoms with Gasteiger partial charge in [0.25, 0.3) is 0 Å². The van der Waals surface area contributed by atoms with Crippen molar-refractivity contribution in [3.05, 3.63) is 41.6 Å². The number of nitrogen functional groups attached to an aromatic ring is 1. The number of nitrogens with two attached hydrogens (primary N) is 1. The molecule has 144 valence electrons. The van der Waals surface area contributed by atoms with Crippen LogP contribution in [0.4, 0.5) is 5.82 Å². The lowest BCUT2D eigenvalue weighted by atomic mass is 10.1. The lowest BCUT2D eigenvalue weighted by molar-refractivity contribution is 0.712. The molecular formula is C19H26IN7. The number of aromatic nitrogens is 2. The molecule has 27 heavy (non-hydrogen) atoms. The molecule has 2 atom stereocenters. The molecule has 1 heterocycles. The minimum Gasteiger partial charge on any atom is -0.382 e. The maximum atomic E-state index is 9.45. The average molecular weight is 479 g/mol. The Morgan fingerprint density at radius 2 is 2.11 bits per heavy atom. The molecule has 0 bridgehead atoms. The van der Waals surface area contributed by atoms with Gasteiger partial charge in [-0.25, -0.2) is 4.68 Å². The minimum atomic E-state index is 0. The molecule has 1 fully saturated rings. The first-order valence-electron chi connectivity index (χ1n) is 8.94. The maximum Gasteiger partial charge on any atom is 0.191 e. The standard InChI is InChI=1S/C19H25N7.HI/c1-13-11-17(13)24-19(22-2)23-10-6-9-16-15(12-20)18(21)26(25-16)14-7-4-3-5-8-14;/h3-5,7-8,13,17H,6,9-11,21H2,1-2H3,(H2,22,23,24);1H. The number of rotatable bonds is 6. The Morgan fingerprint density at radius 3 is 2.70 bits per heavy atom. The Hall–Kier alpha value is -2.28. The number of benzene rings is 1. The number of aliphatic imine (C=N–C) groups is 1. The van der Waals surface area contributed by atoms with Gasteiger partial charge in [-0.2, -0.15) is 10.4 Å². The summed E-state index contributed by atoms with van der Waals surface area (Å²) >= 11 is 0. The van der Waals surface area contributed by atoms with E-state index in [0.29, 0.717) is 23.8 Å². The fourth-order valence-corrected chi connectivity index (χ4v) is 2.90. The highest BCUT2D eigenvalue weighted by Gasteiger charge is 2.33. The van der Waals surface area contributed by atoms with E-state index in [1.165, 1.54) is 6.42 Å². The van der Waals surface area contributed by atoms with Crippen LogP contribution in [0, 0.1) is 17.2 Å². The van der Waals surface area contributed by atoms with E-state index in [0.717, 1.165) is 36.2 Å². The summed E-state index contributed by atoms with van der Waals surface area (Å²) in [4.78, 5) is 4.24. The van der Waals surface area contributed by atoms with Crippen LogP contribution in [0.3, 0.4) is 0 Å². The molecule has 8 heteroatoms. The molecule has 0 radical (unpaired) electrons. The first kappa shape index (κ1) is 21.0. The lowest BCUT2D eigenvalue weighted by Crippen LogP contribution is -2.39. The predicted octanol–water partition coefficient (Wildman–Crippen LogP) is 2.45. The van der Waals surface area contributed by atoms with Crippen molar-refractivity contribution in [2.24, 2.45) is 10.9 Å². The third kappa shape index (κ3) is 5.13. The summed E-state index contributed by atoms with van der Waals surface area (Å²) in [5.41, 5.74) is 8.18. The van der Waals surface area contributed by atoms with Crippen molar-refractivity contribution in [2.75, 3.05) is 19.3 Å². The fraction of sp³-hybridized carbons (Fsp3) is 0.421. The summed E-state index contributed by atoms with van der Waals surface area (Å²) in [7, 11) is 1.78. The molecule has 0 amide bonds. The van der Waals surface area contributed by atoms with Crippen LogP contribution in [0.1, 0.15) is 31.0 Å². The Balaban J connectivity index is 0.00000261. The zero-order valence-electron chi connectivity index (χ0n) is 15.6. The highest BCUT2D eigenvalue weighted by Crippen LogP contribution is 2.28. The summed E-state index contributed by atoms with van der Waals surface area (Å²) in [6.07, 6.45) is 2.71. The second-order valence-electron chi connectivity index (χ2n) is 6.63. The second kappa shape index (κ2) is 9.60. The van der Waals surface area contributed by atoms with Gasteiger partial charge in [0.2, 0.25) is 0 Å². The highest BCUT2D eigenvalue weighted by molar-refractivity contribution is 14.0. The van der Waals surface area contributed by atoms with Crippen molar-refractivity contribution >= 4 is 35.8 Å². The van der Waals surface area contributed by atoms with Gasteiger partial charge >= 0.3 is 0 Å². The quantitative estimate of drug-likeness (QED) is 0.256. The molecule has 1 saturated carbocycles. The smallest absolute Gasteiger partial charge is 0.191 e. The number of anilines is 1. The summed E-state index contributed by atoms with van der Waals surface area (Å²) in [5, 5.41) is 20.7. The molecule has 1 aliphatic carbocycles. The van der Waals surface area contributed by atoms with Gasteiger partial charge in [-0.05, 0) is 37.3 Å². The van der Waals surface area contributed by atoms with Crippen molar-refractivity contribution in [3.63, 3.8) is 0 Å². The second-order valence-corrected chi connectivity index (χ2v) is 6.63. The molecule has 1 aliphatic rings. The van der Waals surface area contributed by atoms with Gasteiger partial charge < -0.3 is 16.4 Å². The van der Waals surface area contributed by atoms with Crippen molar-refractivity contribution in [3.8, 4) is 11.8 Å². The maximum absolute atomic E-state index is 9.45. The number of guanidine groups is 1. The Morgan fingerprint density at radius 1 is 1.41 bits per heavy atom. The van der Waals surface area contributed by atoms with Gasteiger partial charge in [0.05, 0.1) is 11.4 Å². The van der Waals surface area contributed by atoms with Crippen LogP contribution in [0.2, 0.25) is 0 Å². The molecule has 2 aromatic rings. The first-order chi connectivity index (χ1) is 12.6. The predicted molar refractivity (Wildman–Crippen MR) is 118 cm³/mol. The zero-order chi connectivity index (χ0) is 18.5. The van der Waals surface area contributed by atoms with Crippen molar-refractivity contribution in [1.82, 2.24) is 20.4 Å². The van der Waals surface area contributed by atoms with Gasteiger partial charge in [-0.3, -0.25) is 4.99 Å². The summed E-state index contributed by atoms with van der Waals surface area (Å²) in [6, 6.07) is 12.3. The number of nitrogens with zero attached hydrogens (tertiary/aromatic N) is 4. The summed E-state index contributed by atoms with van der Waals surface area (Å²) in [5.74, 6) is 1.94. The number of halogens is 1. The number of nitriles is 1. The third-order valence-electron chi connectivity index (χ3n) is 4.64. The van der Waals surface area contributed by atoms with Crippen LogP contribution >= 0.6 is 24.0 Å². The van der Waals surface area contributed by atoms with Gasteiger partial charge in [-0.15, -0.1) is 24.0 Å². The van der Waals surface area contributed by atoms with Crippen molar-refractivity contribution in [1.29, 1.82) is 5.26 Å². The fourth-order valence-electron chi connectivity index (χ4n) is 2.90. The van der Waals surface area contributed by atoms with Crippen molar-refractivity contribution < 1.29 is 0 Å². The highest BCUT2D eigenvalue weighted by atomic mass is 127. The normalized spacial score (nSPS) is 18.3. The van der Waals surface area contributed by atoms with Gasteiger partial charge in [-0.1, -0.05) is 25.1 Å². The number of para-hydroxylation sites is 1.